The van der Waals surface area contributed by atoms with Crippen LogP contribution in [0.3, 0.4) is 0 Å². The van der Waals surface area contributed by atoms with Crippen LogP contribution in [0.4, 0.5) is 0 Å². The standard InChI is InChI=1S/C14H17N3O/c1-11-6-5-9-14(11,18)13-10-15-16-17(13)12-7-3-2-4-8-12/h2-4,7-8,10-11,18H,5-6,9H2,1H3. The molecule has 4 heteroatoms. The van der Waals surface area contributed by atoms with Crippen molar-refractivity contribution in [2.24, 2.45) is 5.92 Å². The van der Waals surface area contributed by atoms with E-state index in [1.165, 1.54) is 0 Å². The molecule has 1 aromatic heterocycles. The Morgan fingerprint density at radius 3 is 2.78 bits per heavy atom. The van der Waals surface area contributed by atoms with Gasteiger partial charge in [0.05, 0.1) is 17.6 Å². The summed E-state index contributed by atoms with van der Waals surface area (Å²) in [4.78, 5) is 0. The summed E-state index contributed by atoms with van der Waals surface area (Å²) in [6.45, 7) is 2.09. The molecule has 2 aromatic rings. The van der Waals surface area contributed by atoms with Crippen molar-refractivity contribution in [3.8, 4) is 5.69 Å². The lowest BCUT2D eigenvalue weighted by molar-refractivity contribution is -0.00193. The first-order chi connectivity index (χ1) is 8.72. The highest BCUT2D eigenvalue weighted by Crippen LogP contribution is 2.43. The molecule has 0 saturated heterocycles. The molecule has 3 rings (SSSR count). The molecule has 0 amide bonds. The van der Waals surface area contributed by atoms with Crippen LogP contribution in [0, 0.1) is 5.92 Å². The number of hydrogen-bond acceptors (Lipinski definition) is 3. The Morgan fingerprint density at radius 1 is 1.33 bits per heavy atom. The fraction of sp³-hybridized carbons (Fsp3) is 0.429. The van der Waals surface area contributed by atoms with Gasteiger partial charge in [-0.25, -0.2) is 4.68 Å². The number of para-hydroxylation sites is 1. The van der Waals surface area contributed by atoms with E-state index in [1.807, 2.05) is 30.3 Å². The summed E-state index contributed by atoms with van der Waals surface area (Å²) < 4.78 is 1.75. The minimum absolute atomic E-state index is 0.249. The molecular weight excluding hydrogens is 226 g/mol. The quantitative estimate of drug-likeness (QED) is 0.880. The molecule has 94 valence electrons. The highest BCUT2D eigenvalue weighted by molar-refractivity contribution is 5.33. The van der Waals surface area contributed by atoms with Crippen molar-refractivity contribution in [2.75, 3.05) is 0 Å². The maximum absolute atomic E-state index is 10.9. The molecule has 0 aliphatic heterocycles. The van der Waals surface area contributed by atoms with Gasteiger partial charge in [-0.3, -0.25) is 0 Å². The van der Waals surface area contributed by atoms with Gasteiger partial charge in [0.15, 0.2) is 0 Å². The van der Waals surface area contributed by atoms with Gasteiger partial charge < -0.3 is 5.11 Å². The van der Waals surface area contributed by atoms with Crippen LogP contribution in [0.15, 0.2) is 36.5 Å². The summed E-state index contributed by atoms with van der Waals surface area (Å²) in [6.07, 6.45) is 4.58. The van der Waals surface area contributed by atoms with Crippen LogP contribution in [-0.2, 0) is 5.60 Å². The first-order valence-corrected chi connectivity index (χ1v) is 6.41. The molecule has 0 bridgehead atoms. The molecule has 1 fully saturated rings. The SMILES string of the molecule is CC1CCCC1(O)c1cnnn1-c1ccccc1. The summed E-state index contributed by atoms with van der Waals surface area (Å²) in [5.41, 5.74) is 0.954. The molecule has 1 saturated carbocycles. The van der Waals surface area contributed by atoms with Crippen molar-refractivity contribution in [3.05, 3.63) is 42.2 Å². The van der Waals surface area contributed by atoms with Crippen LogP contribution in [0.25, 0.3) is 5.69 Å². The third-order valence-electron chi connectivity index (χ3n) is 4.00. The van der Waals surface area contributed by atoms with E-state index in [1.54, 1.807) is 10.9 Å². The average molecular weight is 243 g/mol. The van der Waals surface area contributed by atoms with Crippen molar-refractivity contribution in [2.45, 2.75) is 31.8 Å². The number of aromatic nitrogens is 3. The van der Waals surface area contributed by atoms with E-state index in [9.17, 15) is 5.11 Å². The van der Waals surface area contributed by atoms with Gasteiger partial charge in [0.1, 0.15) is 5.60 Å². The van der Waals surface area contributed by atoms with E-state index in [0.717, 1.165) is 30.6 Å². The van der Waals surface area contributed by atoms with Crippen molar-refractivity contribution in [1.82, 2.24) is 15.0 Å². The molecule has 0 spiro atoms. The van der Waals surface area contributed by atoms with E-state index in [-0.39, 0.29) is 5.92 Å². The minimum Gasteiger partial charge on any atom is -0.383 e. The first kappa shape index (κ1) is 11.4. The van der Waals surface area contributed by atoms with Gasteiger partial charge in [-0.2, -0.15) is 0 Å². The summed E-state index contributed by atoms with van der Waals surface area (Å²) in [7, 11) is 0. The minimum atomic E-state index is -0.792. The summed E-state index contributed by atoms with van der Waals surface area (Å²) in [6, 6.07) is 9.83. The third-order valence-corrected chi connectivity index (χ3v) is 4.00. The molecule has 1 aromatic carbocycles. The summed E-state index contributed by atoms with van der Waals surface area (Å²) >= 11 is 0. The summed E-state index contributed by atoms with van der Waals surface area (Å²) in [5, 5.41) is 19.0. The monoisotopic (exact) mass is 243 g/mol. The van der Waals surface area contributed by atoms with Crippen molar-refractivity contribution < 1.29 is 5.11 Å². The topological polar surface area (TPSA) is 50.9 Å². The Bertz CT molecular complexity index is 537. The molecule has 2 unspecified atom stereocenters. The van der Waals surface area contributed by atoms with Crippen LogP contribution in [0.2, 0.25) is 0 Å². The molecular formula is C14H17N3O. The van der Waals surface area contributed by atoms with E-state index in [4.69, 9.17) is 0 Å². The lowest BCUT2D eigenvalue weighted by Gasteiger charge is -2.27. The zero-order valence-corrected chi connectivity index (χ0v) is 10.5. The Morgan fingerprint density at radius 2 is 2.11 bits per heavy atom. The van der Waals surface area contributed by atoms with Gasteiger partial charge in [0.2, 0.25) is 0 Å². The number of nitrogens with zero attached hydrogens (tertiary/aromatic N) is 3. The van der Waals surface area contributed by atoms with Crippen LogP contribution < -0.4 is 0 Å². The molecule has 2 atom stereocenters. The Hall–Kier alpha value is -1.68. The van der Waals surface area contributed by atoms with Crippen LogP contribution in [0.5, 0.6) is 0 Å². The van der Waals surface area contributed by atoms with Crippen LogP contribution in [0.1, 0.15) is 31.9 Å². The predicted octanol–water partition coefficient (Wildman–Crippen LogP) is 2.27. The van der Waals surface area contributed by atoms with Crippen molar-refractivity contribution >= 4 is 0 Å². The van der Waals surface area contributed by atoms with Gasteiger partial charge in [0.25, 0.3) is 0 Å². The second-order valence-electron chi connectivity index (χ2n) is 5.08. The average Bonchev–Trinajstić information content (AvgIpc) is 2.99. The fourth-order valence-corrected chi connectivity index (χ4v) is 2.83. The predicted molar refractivity (Wildman–Crippen MR) is 68.3 cm³/mol. The van der Waals surface area contributed by atoms with Gasteiger partial charge in [-0.15, -0.1) is 5.10 Å². The molecule has 18 heavy (non-hydrogen) atoms. The van der Waals surface area contributed by atoms with E-state index < -0.39 is 5.60 Å². The molecule has 0 radical (unpaired) electrons. The lowest BCUT2D eigenvalue weighted by Crippen LogP contribution is -2.31. The number of rotatable bonds is 2. The van der Waals surface area contributed by atoms with Gasteiger partial charge in [0, 0.05) is 0 Å². The summed E-state index contributed by atoms with van der Waals surface area (Å²) in [5.74, 6) is 0.249. The van der Waals surface area contributed by atoms with Crippen LogP contribution in [-0.4, -0.2) is 20.1 Å². The Balaban J connectivity index is 2.07. The highest BCUT2D eigenvalue weighted by Gasteiger charge is 2.42. The van der Waals surface area contributed by atoms with Crippen LogP contribution >= 0.6 is 0 Å². The molecule has 1 aliphatic rings. The first-order valence-electron chi connectivity index (χ1n) is 6.41. The second kappa shape index (κ2) is 4.21. The van der Waals surface area contributed by atoms with Crippen molar-refractivity contribution in [1.29, 1.82) is 0 Å². The van der Waals surface area contributed by atoms with Gasteiger partial charge in [-0.05, 0) is 37.3 Å². The van der Waals surface area contributed by atoms with E-state index >= 15 is 0 Å². The third kappa shape index (κ3) is 1.64. The molecule has 4 nitrogen and oxygen atoms in total. The van der Waals surface area contributed by atoms with E-state index in [2.05, 4.69) is 17.2 Å². The molecule has 1 N–H and O–H groups in total. The maximum Gasteiger partial charge on any atom is 0.111 e. The second-order valence-corrected chi connectivity index (χ2v) is 5.08. The number of benzene rings is 1. The van der Waals surface area contributed by atoms with Crippen molar-refractivity contribution in [3.63, 3.8) is 0 Å². The molecule has 1 aliphatic carbocycles. The lowest BCUT2D eigenvalue weighted by atomic mass is 9.89. The zero-order valence-electron chi connectivity index (χ0n) is 10.5. The Labute approximate surface area is 106 Å². The van der Waals surface area contributed by atoms with Gasteiger partial charge >= 0.3 is 0 Å². The number of aliphatic hydroxyl groups is 1. The smallest absolute Gasteiger partial charge is 0.111 e. The largest absolute Gasteiger partial charge is 0.383 e. The highest BCUT2D eigenvalue weighted by atomic mass is 16.3. The zero-order chi connectivity index (χ0) is 12.6. The Kier molecular flexibility index (Phi) is 2.67. The number of hydrogen-bond donors (Lipinski definition) is 1. The normalized spacial score (nSPS) is 27.6. The van der Waals surface area contributed by atoms with E-state index in [0.29, 0.717) is 0 Å². The van der Waals surface area contributed by atoms with Gasteiger partial charge in [-0.1, -0.05) is 30.3 Å². The fourth-order valence-electron chi connectivity index (χ4n) is 2.83. The molecule has 1 heterocycles. The maximum atomic E-state index is 10.9.